The summed E-state index contributed by atoms with van der Waals surface area (Å²) in [6.45, 7) is 11.2. The Hall–Kier alpha value is -1.97. The van der Waals surface area contributed by atoms with E-state index in [2.05, 4.69) is 33.0 Å². The van der Waals surface area contributed by atoms with Crippen molar-refractivity contribution in [2.75, 3.05) is 26.2 Å². The second-order valence-electron chi connectivity index (χ2n) is 6.92. The summed E-state index contributed by atoms with van der Waals surface area (Å²) < 4.78 is 0. The van der Waals surface area contributed by atoms with E-state index in [9.17, 15) is 0 Å². The minimum Gasteiger partial charge on any atom is -0.741 e. The molecule has 0 bridgehead atoms. The monoisotopic (exact) mass is 561 g/mol. The van der Waals surface area contributed by atoms with Crippen LogP contribution in [0.2, 0.25) is 0 Å². The van der Waals surface area contributed by atoms with E-state index in [4.69, 9.17) is 25.3 Å². The molecule has 0 aromatic heterocycles. The van der Waals surface area contributed by atoms with Crippen LogP contribution in [0.3, 0.4) is 0 Å². The molecule has 2 rings (SSSR count). The van der Waals surface area contributed by atoms with E-state index in [0.717, 1.165) is 42.2 Å². The third-order valence-electron chi connectivity index (χ3n) is 4.95. The first kappa shape index (κ1) is 30.1. The first-order valence-corrected chi connectivity index (χ1v) is 12.2. The Morgan fingerprint density at radius 2 is 1.03 bits per heavy atom. The summed E-state index contributed by atoms with van der Waals surface area (Å²) in [6.07, 6.45) is 0. The number of thiol groups is 1. The Kier molecular flexibility index (Phi) is 14.0. The summed E-state index contributed by atoms with van der Waals surface area (Å²) in [7, 11) is 0. The van der Waals surface area contributed by atoms with Crippen molar-refractivity contribution in [2.24, 2.45) is 20.4 Å². The quantitative estimate of drug-likeness (QED) is 0.122. The minimum absolute atomic E-state index is 0. The maximum Gasteiger partial charge on any atom is 2.00 e. The summed E-state index contributed by atoms with van der Waals surface area (Å²) in [5.74, 6) is 0. The van der Waals surface area contributed by atoms with Crippen LogP contribution in [0.4, 0.5) is 0 Å². The van der Waals surface area contributed by atoms with Crippen molar-refractivity contribution in [3.63, 3.8) is 0 Å². The van der Waals surface area contributed by atoms with Crippen molar-refractivity contribution >= 4 is 59.6 Å². The topological polar surface area (TPSA) is 55.9 Å². The molecule has 0 fully saturated rings. The zero-order valence-corrected chi connectivity index (χ0v) is 23.2. The van der Waals surface area contributed by atoms with E-state index in [0.29, 0.717) is 21.8 Å². The van der Waals surface area contributed by atoms with E-state index in [1.165, 1.54) is 0 Å². The molecule has 34 heavy (non-hydrogen) atoms. The number of rotatable bonds is 9. The standard InChI is InChI=1S/C24H32N6S3.Cu/c1-5-29(6-2)23(32)27-25-21(18-12-10-9-11-13-18)22(19-14-16-20(31)17-15-19)26-28-24(33)30(7-3)8-4;/h9-17,31H,5-8H2,1-4H3,(H,27,32)(H,28,33);/q;+2/p-2/b25-21+,26-22+;. The van der Waals surface area contributed by atoms with Gasteiger partial charge >= 0.3 is 17.1 Å². The zero-order chi connectivity index (χ0) is 24.2. The van der Waals surface area contributed by atoms with Crippen molar-refractivity contribution in [3.8, 4) is 0 Å². The summed E-state index contributed by atoms with van der Waals surface area (Å²) in [5.41, 5.74) is 2.78. The number of amidine groups is 2. The summed E-state index contributed by atoms with van der Waals surface area (Å²) in [6, 6.07) is 17.4. The van der Waals surface area contributed by atoms with Crippen molar-refractivity contribution < 1.29 is 17.1 Å². The van der Waals surface area contributed by atoms with Crippen LogP contribution in [0, 0.1) is 0 Å². The zero-order valence-electron chi connectivity index (χ0n) is 19.8. The molecule has 0 spiro atoms. The fourth-order valence-corrected chi connectivity index (χ4v) is 3.75. The molecular formula is C24H30CuN6S3. The SMILES string of the molecule is CCN(CC)/C([S-])=N/N=C(/C(=N/N=C(\[S-])N(CC)CC)c1ccc(S)cc1)c1ccccc1.[Cu+2]. The van der Waals surface area contributed by atoms with E-state index < -0.39 is 0 Å². The van der Waals surface area contributed by atoms with Crippen molar-refractivity contribution in [1.82, 2.24) is 9.80 Å². The van der Waals surface area contributed by atoms with Crippen LogP contribution >= 0.6 is 12.6 Å². The maximum atomic E-state index is 5.49. The molecule has 6 nitrogen and oxygen atoms in total. The Bertz CT molecular complexity index is 999. The van der Waals surface area contributed by atoms with Gasteiger partial charge in [0.25, 0.3) is 0 Å². The predicted octanol–water partition coefficient (Wildman–Crippen LogP) is 4.57. The molecule has 0 saturated heterocycles. The first-order chi connectivity index (χ1) is 15.9. The van der Waals surface area contributed by atoms with Crippen molar-refractivity contribution in [2.45, 2.75) is 32.6 Å². The Labute approximate surface area is 230 Å². The van der Waals surface area contributed by atoms with Crippen LogP contribution in [-0.4, -0.2) is 57.7 Å². The predicted molar refractivity (Wildman–Crippen MR) is 149 cm³/mol. The summed E-state index contributed by atoms with van der Waals surface area (Å²) in [5, 5.41) is 18.7. The van der Waals surface area contributed by atoms with Gasteiger partial charge in [-0.2, -0.15) is 10.2 Å². The molecule has 185 valence electrons. The van der Waals surface area contributed by atoms with E-state index >= 15 is 0 Å². The van der Waals surface area contributed by atoms with Crippen LogP contribution in [0.25, 0.3) is 0 Å². The third kappa shape index (κ3) is 8.67. The maximum absolute atomic E-state index is 5.49. The van der Waals surface area contributed by atoms with Gasteiger partial charge in [-0.25, -0.2) is 0 Å². The molecule has 0 N–H and O–H groups in total. The fourth-order valence-electron chi connectivity index (χ4n) is 3.00. The molecule has 0 aliphatic rings. The molecule has 0 aliphatic heterocycles. The smallest absolute Gasteiger partial charge is 0.741 e. The minimum atomic E-state index is 0. The van der Waals surface area contributed by atoms with Crippen molar-refractivity contribution in [3.05, 3.63) is 65.7 Å². The van der Waals surface area contributed by atoms with E-state index in [1.54, 1.807) is 0 Å². The number of hydrogen-bond acceptors (Lipinski definition) is 7. The number of nitrogens with zero attached hydrogens (tertiary/aromatic N) is 6. The van der Waals surface area contributed by atoms with Gasteiger partial charge in [-0.15, -0.1) is 22.8 Å². The van der Waals surface area contributed by atoms with E-state index in [-0.39, 0.29) is 17.1 Å². The van der Waals surface area contributed by atoms with Crippen LogP contribution in [0.5, 0.6) is 0 Å². The molecule has 1 radical (unpaired) electrons. The van der Waals surface area contributed by atoms with Gasteiger partial charge < -0.3 is 35.1 Å². The van der Waals surface area contributed by atoms with Crippen molar-refractivity contribution in [1.29, 1.82) is 0 Å². The summed E-state index contributed by atoms with van der Waals surface area (Å²) >= 11 is 15.4. The Morgan fingerprint density at radius 3 is 1.41 bits per heavy atom. The molecule has 0 amide bonds. The van der Waals surface area contributed by atoms with Gasteiger partial charge in [0.2, 0.25) is 0 Å². The second kappa shape index (κ2) is 15.8. The second-order valence-corrected chi connectivity index (χ2v) is 8.17. The molecule has 10 heteroatoms. The Balaban J connectivity index is 0.00000578. The van der Waals surface area contributed by atoms with Crippen LogP contribution < -0.4 is 0 Å². The van der Waals surface area contributed by atoms with Gasteiger partial charge in [-0.3, -0.25) is 0 Å². The molecule has 0 saturated carbocycles. The van der Waals surface area contributed by atoms with Gasteiger partial charge in [0.15, 0.2) is 0 Å². The molecule has 0 atom stereocenters. The van der Waals surface area contributed by atoms with Gasteiger partial charge in [0, 0.05) is 52.5 Å². The van der Waals surface area contributed by atoms with E-state index in [1.807, 2.05) is 92.1 Å². The molecule has 0 aliphatic carbocycles. The van der Waals surface area contributed by atoms with Crippen LogP contribution in [0.1, 0.15) is 38.8 Å². The summed E-state index contributed by atoms with van der Waals surface area (Å²) in [4.78, 5) is 4.78. The van der Waals surface area contributed by atoms with Gasteiger partial charge in [-0.05, 0) is 39.8 Å². The van der Waals surface area contributed by atoms with Gasteiger partial charge in [0.05, 0.1) is 0 Å². The molecular weight excluding hydrogens is 532 g/mol. The third-order valence-corrected chi connectivity index (χ3v) is 5.93. The average Bonchev–Trinajstić information content (AvgIpc) is 2.84. The molecule has 2 aromatic rings. The van der Waals surface area contributed by atoms with Crippen LogP contribution in [-0.2, 0) is 42.3 Å². The fraction of sp³-hybridized carbons (Fsp3) is 0.333. The number of benzene rings is 2. The average molecular weight is 562 g/mol. The largest absolute Gasteiger partial charge is 2.00 e. The van der Waals surface area contributed by atoms with Gasteiger partial charge in [0.1, 0.15) is 11.4 Å². The molecule has 2 aromatic carbocycles. The first-order valence-electron chi connectivity index (χ1n) is 10.9. The molecule has 0 unspecified atom stereocenters. The van der Waals surface area contributed by atoms with Gasteiger partial charge in [-0.1, -0.05) is 42.5 Å². The van der Waals surface area contributed by atoms with Crippen LogP contribution in [0.15, 0.2) is 79.9 Å². The number of hydrogen-bond donors (Lipinski definition) is 1. The Morgan fingerprint density at radius 1 is 0.647 bits per heavy atom. The normalized spacial score (nSPS) is 12.9. The molecule has 0 heterocycles.